The summed E-state index contributed by atoms with van der Waals surface area (Å²) in [5, 5.41) is 2.93. The van der Waals surface area contributed by atoms with Gasteiger partial charge in [0.15, 0.2) is 0 Å². The fourth-order valence-electron chi connectivity index (χ4n) is 3.15. The van der Waals surface area contributed by atoms with Crippen molar-refractivity contribution in [1.29, 1.82) is 0 Å². The van der Waals surface area contributed by atoms with Gasteiger partial charge in [-0.15, -0.1) is 0 Å². The predicted molar refractivity (Wildman–Crippen MR) is 99.3 cm³/mol. The SMILES string of the molecule is CC1Cc2ccccc2N1c1nccc(C(=O)NCCCN(C)C)n1. The van der Waals surface area contributed by atoms with Crippen LogP contribution in [0.2, 0.25) is 0 Å². The molecule has 0 spiro atoms. The van der Waals surface area contributed by atoms with Crippen LogP contribution in [0.1, 0.15) is 29.4 Å². The molecule has 0 saturated heterocycles. The van der Waals surface area contributed by atoms with Crippen LogP contribution in [-0.2, 0) is 6.42 Å². The standard InChI is InChI=1S/C19H25N5O/c1-14-13-15-7-4-5-8-17(15)24(14)19-21-11-9-16(22-19)18(25)20-10-6-12-23(2)3/h4-5,7-9,11,14H,6,10,12-13H2,1-3H3,(H,20,25). The van der Waals surface area contributed by atoms with Gasteiger partial charge in [-0.1, -0.05) is 18.2 Å². The van der Waals surface area contributed by atoms with Crippen molar-refractivity contribution >= 4 is 17.5 Å². The Morgan fingerprint density at radius 3 is 2.92 bits per heavy atom. The van der Waals surface area contributed by atoms with Gasteiger partial charge in [0.2, 0.25) is 5.95 Å². The highest BCUT2D eigenvalue weighted by atomic mass is 16.1. The van der Waals surface area contributed by atoms with Crippen LogP contribution in [0.3, 0.4) is 0 Å². The van der Waals surface area contributed by atoms with Crippen molar-refractivity contribution in [3.8, 4) is 0 Å². The van der Waals surface area contributed by atoms with Gasteiger partial charge in [0.25, 0.3) is 5.91 Å². The van der Waals surface area contributed by atoms with Crippen LogP contribution in [-0.4, -0.2) is 54.0 Å². The Balaban J connectivity index is 1.73. The molecule has 6 heteroatoms. The molecule has 1 atom stereocenters. The molecular formula is C19H25N5O. The van der Waals surface area contributed by atoms with E-state index >= 15 is 0 Å². The molecule has 6 nitrogen and oxygen atoms in total. The number of hydrogen-bond donors (Lipinski definition) is 1. The monoisotopic (exact) mass is 339 g/mol. The number of nitrogens with one attached hydrogen (secondary N) is 1. The first-order chi connectivity index (χ1) is 12.1. The molecule has 25 heavy (non-hydrogen) atoms. The largest absolute Gasteiger partial charge is 0.351 e. The van der Waals surface area contributed by atoms with Crippen molar-refractivity contribution in [3.05, 3.63) is 47.8 Å². The number of amides is 1. The van der Waals surface area contributed by atoms with Crippen LogP contribution in [0, 0.1) is 0 Å². The molecule has 0 fully saturated rings. The van der Waals surface area contributed by atoms with Gasteiger partial charge in [0.05, 0.1) is 0 Å². The Labute approximate surface area is 148 Å². The highest BCUT2D eigenvalue weighted by Gasteiger charge is 2.29. The maximum atomic E-state index is 12.4. The second kappa shape index (κ2) is 7.61. The van der Waals surface area contributed by atoms with E-state index < -0.39 is 0 Å². The first-order valence-corrected chi connectivity index (χ1v) is 8.69. The normalized spacial score (nSPS) is 16.2. The quantitative estimate of drug-likeness (QED) is 0.818. The zero-order valence-electron chi connectivity index (χ0n) is 15.1. The summed E-state index contributed by atoms with van der Waals surface area (Å²) in [6, 6.07) is 10.2. The number of rotatable bonds is 6. The summed E-state index contributed by atoms with van der Waals surface area (Å²) in [5.41, 5.74) is 2.82. The van der Waals surface area contributed by atoms with Gasteiger partial charge in [-0.3, -0.25) is 4.79 Å². The van der Waals surface area contributed by atoms with E-state index in [1.54, 1.807) is 12.3 Å². The minimum atomic E-state index is -0.150. The second-order valence-corrected chi connectivity index (χ2v) is 6.71. The van der Waals surface area contributed by atoms with Crippen LogP contribution in [0.5, 0.6) is 0 Å². The molecule has 1 N–H and O–H groups in total. The van der Waals surface area contributed by atoms with E-state index in [0.29, 0.717) is 18.2 Å². The lowest BCUT2D eigenvalue weighted by atomic mass is 10.1. The van der Waals surface area contributed by atoms with E-state index in [4.69, 9.17) is 0 Å². The molecule has 1 aromatic carbocycles. The average molecular weight is 339 g/mol. The summed E-state index contributed by atoms with van der Waals surface area (Å²) < 4.78 is 0. The van der Waals surface area contributed by atoms with E-state index in [1.807, 2.05) is 26.2 Å². The van der Waals surface area contributed by atoms with Crippen molar-refractivity contribution in [2.24, 2.45) is 0 Å². The van der Waals surface area contributed by atoms with Gasteiger partial charge in [-0.05, 0) is 58.1 Å². The van der Waals surface area contributed by atoms with E-state index in [1.165, 1.54) is 5.56 Å². The molecule has 1 unspecified atom stereocenters. The summed E-state index contributed by atoms with van der Waals surface area (Å²) in [5.74, 6) is 0.431. The lowest BCUT2D eigenvalue weighted by molar-refractivity contribution is 0.0947. The molecule has 1 amide bonds. The van der Waals surface area contributed by atoms with Crippen LogP contribution >= 0.6 is 0 Å². The molecule has 2 aromatic rings. The number of para-hydroxylation sites is 1. The fourth-order valence-corrected chi connectivity index (χ4v) is 3.15. The summed E-state index contributed by atoms with van der Waals surface area (Å²) in [7, 11) is 4.04. The number of fused-ring (bicyclic) bond motifs is 1. The zero-order valence-corrected chi connectivity index (χ0v) is 15.1. The Hall–Kier alpha value is -2.47. The summed E-state index contributed by atoms with van der Waals surface area (Å²) >= 11 is 0. The third kappa shape index (κ3) is 3.96. The molecule has 132 valence electrons. The molecule has 1 aromatic heterocycles. The predicted octanol–water partition coefficient (Wildman–Crippen LogP) is 2.24. The molecular weight excluding hydrogens is 314 g/mol. The molecule has 0 aliphatic carbocycles. The number of nitrogens with zero attached hydrogens (tertiary/aromatic N) is 4. The lowest BCUT2D eigenvalue weighted by Gasteiger charge is -2.22. The number of benzene rings is 1. The van der Waals surface area contributed by atoms with Crippen LogP contribution in [0.25, 0.3) is 0 Å². The number of anilines is 2. The van der Waals surface area contributed by atoms with E-state index in [-0.39, 0.29) is 11.9 Å². The summed E-state index contributed by atoms with van der Waals surface area (Å²) in [6.45, 7) is 3.73. The molecule has 2 heterocycles. The summed E-state index contributed by atoms with van der Waals surface area (Å²) in [4.78, 5) is 25.5. The molecule has 3 rings (SSSR count). The lowest BCUT2D eigenvalue weighted by Crippen LogP contribution is -2.30. The Morgan fingerprint density at radius 2 is 2.12 bits per heavy atom. The zero-order chi connectivity index (χ0) is 17.8. The molecule has 1 aliphatic rings. The van der Waals surface area contributed by atoms with Crippen molar-refractivity contribution in [1.82, 2.24) is 20.2 Å². The molecule has 0 saturated carbocycles. The Kier molecular flexibility index (Phi) is 5.28. The topological polar surface area (TPSA) is 61.4 Å². The highest BCUT2D eigenvalue weighted by molar-refractivity contribution is 5.92. The minimum Gasteiger partial charge on any atom is -0.351 e. The average Bonchev–Trinajstić information content (AvgIpc) is 2.94. The number of carbonyl (C=O) groups excluding carboxylic acids is 1. The van der Waals surface area contributed by atoms with Crippen molar-refractivity contribution in [2.45, 2.75) is 25.8 Å². The van der Waals surface area contributed by atoms with Crippen LogP contribution < -0.4 is 10.2 Å². The third-order valence-electron chi connectivity index (χ3n) is 4.37. The molecule has 1 aliphatic heterocycles. The van der Waals surface area contributed by atoms with Gasteiger partial charge in [0.1, 0.15) is 5.69 Å². The third-order valence-corrected chi connectivity index (χ3v) is 4.37. The summed E-state index contributed by atoms with van der Waals surface area (Å²) in [6.07, 6.45) is 3.53. The van der Waals surface area contributed by atoms with Crippen molar-refractivity contribution in [3.63, 3.8) is 0 Å². The van der Waals surface area contributed by atoms with E-state index in [2.05, 4.69) is 44.1 Å². The Morgan fingerprint density at radius 1 is 1.32 bits per heavy atom. The van der Waals surface area contributed by atoms with Gasteiger partial charge < -0.3 is 15.1 Å². The first-order valence-electron chi connectivity index (χ1n) is 8.69. The van der Waals surface area contributed by atoms with Crippen molar-refractivity contribution in [2.75, 3.05) is 32.1 Å². The van der Waals surface area contributed by atoms with E-state index in [9.17, 15) is 4.79 Å². The molecule has 0 bridgehead atoms. The first kappa shape index (κ1) is 17.4. The van der Waals surface area contributed by atoms with Gasteiger partial charge in [-0.25, -0.2) is 9.97 Å². The van der Waals surface area contributed by atoms with Gasteiger partial charge in [0, 0.05) is 24.5 Å². The maximum Gasteiger partial charge on any atom is 0.270 e. The number of carbonyl (C=O) groups is 1. The molecule has 0 radical (unpaired) electrons. The van der Waals surface area contributed by atoms with E-state index in [0.717, 1.165) is 25.1 Å². The van der Waals surface area contributed by atoms with Crippen molar-refractivity contribution < 1.29 is 4.79 Å². The Bertz CT molecular complexity index is 746. The fraction of sp³-hybridized carbons (Fsp3) is 0.421. The smallest absolute Gasteiger partial charge is 0.270 e. The number of hydrogen-bond acceptors (Lipinski definition) is 5. The van der Waals surface area contributed by atoms with Gasteiger partial charge >= 0.3 is 0 Å². The second-order valence-electron chi connectivity index (χ2n) is 6.71. The minimum absolute atomic E-state index is 0.150. The number of aromatic nitrogens is 2. The highest BCUT2D eigenvalue weighted by Crippen LogP contribution is 2.36. The van der Waals surface area contributed by atoms with Crippen LogP contribution in [0.4, 0.5) is 11.6 Å². The van der Waals surface area contributed by atoms with Crippen LogP contribution in [0.15, 0.2) is 36.5 Å². The maximum absolute atomic E-state index is 12.4. The van der Waals surface area contributed by atoms with Gasteiger partial charge in [-0.2, -0.15) is 0 Å².